The summed E-state index contributed by atoms with van der Waals surface area (Å²) < 4.78 is 19.2. The van der Waals surface area contributed by atoms with Crippen molar-refractivity contribution in [1.82, 2.24) is 9.97 Å². The van der Waals surface area contributed by atoms with Gasteiger partial charge in [-0.15, -0.1) is 11.3 Å². The first-order valence-corrected chi connectivity index (χ1v) is 9.23. The van der Waals surface area contributed by atoms with Crippen LogP contribution in [0.2, 0.25) is 0 Å². The minimum Gasteiger partial charge on any atom is -0.368 e. The molecule has 0 aliphatic carbocycles. The second-order valence-corrected chi connectivity index (χ2v) is 6.78. The maximum atomic E-state index is 13.3. The molecule has 5 heteroatoms. The molecule has 1 unspecified atom stereocenters. The number of nitrogens with zero attached hydrogens (tertiary/aromatic N) is 2. The van der Waals surface area contributed by atoms with Gasteiger partial charge in [0, 0.05) is 24.1 Å². The minimum atomic E-state index is -0.246. The quantitative estimate of drug-likeness (QED) is 0.598. The number of hydrogen-bond acceptors (Lipinski definition) is 4. The summed E-state index contributed by atoms with van der Waals surface area (Å²) in [6.45, 7) is 6.62. The summed E-state index contributed by atoms with van der Waals surface area (Å²) in [5, 5.41) is 0.955. The van der Waals surface area contributed by atoms with Crippen molar-refractivity contribution in [1.29, 1.82) is 0 Å². The molecular weight excluding hydrogens is 335 g/mol. The Hall–Kier alpha value is -2.11. The number of hydrogen-bond donors (Lipinski definition) is 0. The summed E-state index contributed by atoms with van der Waals surface area (Å²) in [6, 6.07) is 10.5. The van der Waals surface area contributed by atoms with E-state index in [-0.39, 0.29) is 11.9 Å². The molecule has 0 amide bonds. The van der Waals surface area contributed by atoms with Crippen molar-refractivity contribution in [2.75, 3.05) is 6.61 Å². The molecule has 2 aromatic heterocycles. The van der Waals surface area contributed by atoms with E-state index in [0.29, 0.717) is 6.61 Å². The Morgan fingerprint density at radius 1 is 1.16 bits per heavy atom. The fourth-order valence-corrected chi connectivity index (χ4v) is 3.85. The third-order valence-electron chi connectivity index (χ3n) is 4.00. The van der Waals surface area contributed by atoms with E-state index in [4.69, 9.17) is 9.72 Å². The number of rotatable bonds is 6. The standard InChI is InChI=1S/C20H21FN2OS/c1-4-17-12-15(10-11-22-17)20-23-13(3)19(25-20)18(24-5-2)14-6-8-16(21)9-7-14/h6-12,18H,4-5H2,1-3H3. The van der Waals surface area contributed by atoms with Crippen molar-refractivity contribution in [2.24, 2.45) is 0 Å². The van der Waals surface area contributed by atoms with Gasteiger partial charge in [-0.3, -0.25) is 4.98 Å². The summed E-state index contributed by atoms with van der Waals surface area (Å²) in [5.41, 5.74) is 4.00. The molecule has 25 heavy (non-hydrogen) atoms. The van der Waals surface area contributed by atoms with Crippen LogP contribution in [0.1, 0.15) is 41.8 Å². The maximum absolute atomic E-state index is 13.3. The Morgan fingerprint density at radius 2 is 1.92 bits per heavy atom. The van der Waals surface area contributed by atoms with Gasteiger partial charge in [0.15, 0.2) is 0 Å². The van der Waals surface area contributed by atoms with Crippen molar-refractivity contribution in [3.8, 4) is 10.6 Å². The normalized spacial score (nSPS) is 12.3. The lowest BCUT2D eigenvalue weighted by atomic mass is 10.1. The van der Waals surface area contributed by atoms with E-state index in [1.54, 1.807) is 23.5 Å². The van der Waals surface area contributed by atoms with Gasteiger partial charge >= 0.3 is 0 Å². The number of aryl methyl sites for hydroxylation is 2. The van der Waals surface area contributed by atoms with E-state index in [1.165, 1.54) is 12.1 Å². The molecule has 3 aromatic rings. The number of benzene rings is 1. The lowest BCUT2D eigenvalue weighted by molar-refractivity contribution is 0.0932. The fraction of sp³-hybridized carbons (Fsp3) is 0.300. The van der Waals surface area contributed by atoms with Crippen LogP contribution in [0.15, 0.2) is 42.6 Å². The van der Waals surface area contributed by atoms with E-state index in [0.717, 1.165) is 38.8 Å². The highest BCUT2D eigenvalue weighted by atomic mass is 32.1. The Labute approximate surface area is 151 Å². The average Bonchev–Trinajstić information content (AvgIpc) is 3.02. The highest BCUT2D eigenvalue weighted by Crippen LogP contribution is 2.36. The molecule has 130 valence electrons. The number of aromatic nitrogens is 2. The molecule has 0 bridgehead atoms. The second-order valence-electron chi connectivity index (χ2n) is 5.75. The van der Waals surface area contributed by atoms with Crippen LogP contribution in [0, 0.1) is 12.7 Å². The summed E-state index contributed by atoms with van der Waals surface area (Å²) in [4.78, 5) is 10.1. The molecule has 0 aliphatic heterocycles. The van der Waals surface area contributed by atoms with Gasteiger partial charge in [0.1, 0.15) is 16.9 Å². The summed E-state index contributed by atoms with van der Waals surface area (Å²) in [5.74, 6) is -0.246. The van der Waals surface area contributed by atoms with Gasteiger partial charge < -0.3 is 4.74 Å². The SMILES string of the molecule is CCOC(c1ccc(F)cc1)c1sc(-c2ccnc(CC)c2)nc1C. The molecular formula is C20H21FN2OS. The van der Waals surface area contributed by atoms with Crippen LogP contribution in [-0.4, -0.2) is 16.6 Å². The molecule has 0 fully saturated rings. The van der Waals surface area contributed by atoms with Crippen LogP contribution in [0.25, 0.3) is 10.6 Å². The zero-order valence-electron chi connectivity index (χ0n) is 14.6. The highest BCUT2D eigenvalue weighted by Gasteiger charge is 2.21. The molecule has 1 atom stereocenters. The van der Waals surface area contributed by atoms with Crippen LogP contribution in [0.4, 0.5) is 4.39 Å². The van der Waals surface area contributed by atoms with Crippen LogP contribution >= 0.6 is 11.3 Å². The average molecular weight is 356 g/mol. The minimum absolute atomic E-state index is 0.232. The zero-order chi connectivity index (χ0) is 17.8. The fourth-order valence-electron chi connectivity index (χ4n) is 2.71. The largest absolute Gasteiger partial charge is 0.368 e. The van der Waals surface area contributed by atoms with Crippen molar-refractivity contribution < 1.29 is 9.13 Å². The number of ether oxygens (including phenoxy) is 1. The lowest BCUT2D eigenvalue weighted by Crippen LogP contribution is -2.06. The molecule has 0 N–H and O–H groups in total. The first-order chi connectivity index (χ1) is 12.1. The van der Waals surface area contributed by atoms with Gasteiger partial charge in [-0.2, -0.15) is 0 Å². The van der Waals surface area contributed by atoms with Gasteiger partial charge in [-0.1, -0.05) is 19.1 Å². The number of pyridine rings is 1. The lowest BCUT2D eigenvalue weighted by Gasteiger charge is -2.16. The second kappa shape index (κ2) is 7.85. The van der Waals surface area contributed by atoms with Crippen molar-refractivity contribution in [3.05, 3.63) is 70.2 Å². The van der Waals surface area contributed by atoms with Gasteiger partial charge in [0.2, 0.25) is 0 Å². The Kier molecular flexibility index (Phi) is 5.56. The highest BCUT2D eigenvalue weighted by molar-refractivity contribution is 7.15. The molecule has 1 aromatic carbocycles. The van der Waals surface area contributed by atoms with E-state index >= 15 is 0 Å². The Bertz CT molecular complexity index is 845. The first kappa shape index (κ1) is 17.7. The molecule has 3 rings (SSSR count). The number of thiazole rings is 1. The van der Waals surface area contributed by atoms with E-state index < -0.39 is 0 Å². The van der Waals surface area contributed by atoms with Crippen molar-refractivity contribution in [3.63, 3.8) is 0 Å². The first-order valence-electron chi connectivity index (χ1n) is 8.42. The summed E-state index contributed by atoms with van der Waals surface area (Å²) in [6.07, 6.45) is 2.48. The molecule has 0 aliphatic rings. The monoisotopic (exact) mass is 356 g/mol. The third-order valence-corrected chi connectivity index (χ3v) is 5.25. The third kappa shape index (κ3) is 3.94. The van der Waals surface area contributed by atoms with Gasteiger partial charge in [-0.25, -0.2) is 9.37 Å². The van der Waals surface area contributed by atoms with Gasteiger partial charge in [0.25, 0.3) is 0 Å². The molecule has 2 heterocycles. The predicted molar refractivity (Wildman–Crippen MR) is 99.3 cm³/mol. The van der Waals surface area contributed by atoms with Crippen molar-refractivity contribution in [2.45, 2.75) is 33.3 Å². The van der Waals surface area contributed by atoms with Crippen LogP contribution in [-0.2, 0) is 11.2 Å². The van der Waals surface area contributed by atoms with E-state index in [1.807, 2.05) is 26.1 Å². The van der Waals surface area contributed by atoms with E-state index in [2.05, 4.69) is 18.0 Å². The van der Waals surface area contributed by atoms with Crippen LogP contribution in [0.5, 0.6) is 0 Å². The van der Waals surface area contributed by atoms with Crippen LogP contribution < -0.4 is 0 Å². The topological polar surface area (TPSA) is 35.0 Å². The predicted octanol–water partition coefficient (Wildman–Crippen LogP) is 5.34. The van der Waals surface area contributed by atoms with Gasteiger partial charge in [0.05, 0.1) is 10.6 Å². The molecule has 0 saturated carbocycles. The molecule has 3 nitrogen and oxygen atoms in total. The maximum Gasteiger partial charge on any atom is 0.124 e. The van der Waals surface area contributed by atoms with E-state index in [9.17, 15) is 4.39 Å². The Morgan fingerprint density at radius 3 is 2.60 bits per heavy atom. The molecule has 0 radical (unpaired) electrons. The van der Waals surface area contributed by atoms with Gasteiger partial charge in [-0.05, 0) is 50.1 Å². The smallest absolute Gasteiger partial charge is 0.124 e. The zero-order valence-corrected chi connectivity index (χ0v) is 15.4. The Balaban J connectivity index is 2.00. The molecule has 0 saturated heterocycles. The summed E-state index contributed by atoms with van der Waals surface area (Å²) >= 11 is 1.62. The number of halogens is 1. The van der Waals surface area contributed by atoms with Crippen molar-refractivity contribution >= 4 is 11.3 Å². The summed E-state index contributed by atoms with van der Waals surface area (Å²) in [7, 11) is 0. The van der Waals surface area contributed by atoms with Crippen LogP contribution in [0.3, 0.4) is 0 Å². The molecule has 0 spiro atoms.